The van der Waals surface area contributed by atoms with Gasteiger partial charge in [-0.15, -0.1) is 0 Å². The zero-order chi connectivity index (χ0) is 14.8. The fourth-order valence-corrected chi connectivity index (χ4v) is 2.45. The summed E-state index contributed by atoms with van der Waals surface area (Å²) in [7, 11) is 1.95. The molecule has 2 aromatic heterocycles. The van der Waals surface area contributed by atoms with E-state index in [2.05, 4.69) is 25.4 Å². The molecule has 3 rings (SSSR count). The number of likely N-dealkylation sites (N-methyl/N-ethyl adjacent to an activating group) is 1. The molecule has 0 bridgehead atoms. The third kappa shape index (κ3) is 2.65. The van der Waals surface area contributed by atoms with Crippen LogP contribution in [0.15, 0.2) is 18.7 Å². The normalized spacial score (nSPS) is 21.5. The molecular weight excluding hydrogens is 272 g/mol. The molecule has 9 nitrogen and oxygen atoms in total. The molecule has 2 aromatic rings. The van der Waals surface area contributed by atoms with Crippen LogP contribution >= 0.6 is 0 Å². The fourth-order valence-electron chi connectivity index (χ4n) is 2.45. The Labute approximate surface area is 122 Å². The largest absolute Gasteiger partial charge is 0.376 e. The molecule has 0 spiro atoms. The van der Waals surface area contributed by atoms with Crippen molar-refractivity contribution in [2.45, 2.75) is 25.5 Å². The first-order valence-electron chi connectivity index (χ1n) is 6.74. The van der Waals surface area contributed by atoms with Crippen LogP contribution in [-0.2, 0) is 4.74 Å². The van der Waals surface area contributed by atoms with Crippen molar-refractivity contribution in [1.82, 2.24) is 24.5 Å². The minimum Gasteiger partial charge on any atom is -0.376 e. The van der Waals surface area contributed by atoms with Crippen LogP contribution < -0.4 is 16.2 Å². The van der Waals surface area contributed by atoms with E-state index in [-0.39, 0.29) is 12.1 Å². The number of anilines is 2. The van der Waals surface area contributed by atoms with Crippen molar-refractivity contribution in [3.63, 3.8) is 0 Å². The van der Waals surface area contributed by atoms with E-state index in [1.807, 2.05) is 18.9 Å². The third-order valence-corrected chi connectivity index (χ3v) is 3.63. The summed E-state index contributed by atoms with van der Waals surface area (Å²) < 4.78 is 7.30. The number of nitrogens with zero attached hydrogens (tertiary/aromatic N) is 6. The summed E-state index contributed by atoms with van der Waals surface area (Å²) in [6, 6.07) is 0.230. The van der Waals surface area contributed by atoms with Crippen LogP contribution in [0.1, 0.15) is 13.3 Å². The lowest BCUT2D eigenvalue weighted by Gasteiger charge is -2.26. The smallest absolute Gasteiger partial charge is 0.243 e. The molecule has 2 unspecified atom stereocenters. The van der Waals surface area contributed by atoms with E-state index < -0.39 is 0 Å². The highest BCUT2D eigenvalue weighted by molar-refractivity contribution is 5.40. The number of hydrogen-bond donors (Lipinski definition) is 2. The van der Waals surface area contributed by atoms with Crippen LogP contribution in [0.3, 0.4) is 0 Å². The third-order valence-electron chi connectivity index (χ3n) is 3.63. The Morgan fingerprint density at radius 1 is 1.43 bits per heavy atom. The summed E-state index contributed by atoms with van der Waals surface area (Å²) in [5.41, 5.74) is 2.47. The van der Waals surface area contributed by atoms with Gasteiger partial charge in [-0.1, -0.05) is 0 Å². The molecule has 0 aromatic carbocycles. The minimum atomic E-state index is 0.137. The Morgan fingerprint density at radius 3 is 2.90 bits per heavy atom. The maximum absolute atomic E-state index is 5.60. The lowest BCUT2D eigenvalue weighted by Crippen LogP contribution is -2.38. The highest BCUT2D eigenvalue weighted by Gasteiger charge is 2.29. The molecule has 2 atom stereocenters. The Kier molecular flexibility index (Phi) is 3.67. The van der Waals surface area contributed by atoms with Gasteiger partial charge >= 0.3 is 0 Å². The number of ether oxygens (including phenoxy) is 1. The lowest BCUT2D eigenvalue weighted by molar-refractivity contribution is 0.118. The summed E-state index contributed by atoms with van der Waals surface area (Å²) >= 11 is 0. The second-order valence-corrected chi connectivity index (χ2v) is 4.92. The van der Waals surface area contributed by atoms with Gasteiger partial charge in [-0.25, -0.2) is 10.8 Å². The number of hydrogen-bond acceptors (Lipinski definition) is 8. The molecule has 1 saturated heterocycles. The van der Waals surface area contributed by atoms with Gasteiger partial charge in [0.1, 0.15) is 6.33 Å². The number of aromatic nitrogens is 5. The van der Waals surface area contributed by atoms with Crippen molar-refractivity contribution in [3.05, 3.63) is 18.7 Å². The van der Waals surface area contributed by atoms with Gasteiger partial charge in [0.15, 0.2) is 0 Å². The topological polar surface area (TPSA) is 107 Å². The zero-order valence-electron chi connectivity index (χ0n) is 12.0. The van der Waals surface area contributed by atoms with E-state index in [4.69, 9.17) is 10.6 Å². The number of nitrogens with one attached hydrogen (secondary N) is 1. The minimum absolute atomic E-state index is 0.137. The van der Waals surface area contributed by atoms with Gasteiger partial charge in [0, 0.05) is 26.0 Å². The van der Waals surface area contributed by atoms with Gasteiger partial charge in [0.25, 0.3) is 0 Å². The maximum Gasteiger partial charge on any atom is 0.243 e. The van der Waals surface area contributed by atoms with Gasteiger partial charge in [-0.3, -0.25) is 9.99 Å². The van der Waals surface area contributed by atoms with Crippen LogP contribution in [0, 0.1) is 0 Å². The predicted molar refractivity (Wildman–Crippen MR) is 77.0 cm³/mol. The Hall–Kier alpha value is -2.26. The van der Waals surface area contributed by atoms with Gasteiger partial charge in [0.05, 0.1) is 12.1 Å². The molecule has 112 valence electrons. The van der Waals surface area contributed by atoms with E-state index in [1.54, 1.807) is 23.3 Å². The van der Waals surface area contributed by atoms with E-state index in [1.165, 1.54) is 0 Å². The number of hydrazine groups is 1. The highest BCUT2D eigenvalue weighted by Crippen LogP contribution is 2.22. The average Bonchev–Trinajstić information content (AvgIpc) is 3.17. The molecule has 1 aliphatic rings. The van der Waals surface area contributed by atoms with Gasteiger partial charge in [-0.05, 0) is 13.3 Å². The van der Waals surface area contributed by atoms with Gasteiger partial charge in [0.2, 0.25) is 17.8 Å². The van der Waals surface area contributed by atoms with E-state index >= 15 is 0 Å². The molecule has 3 N–H and O–H groups in total. The van der Waals surface area contributed by atoms with Crippen molar-refractivity contribution < 1.29 is 4.74 Å². The van der Waals surface area contributed by atoms with Crippen LogP contribution in [0.25, 0.3) is 5.95 Å². The SMILES string of the molecule is CC1OCCC1N(C)c1nc(NN)nc(-n2ccnc2)n1. The first-order chi connectivity index (χ1) is 10.2. The van der Waals surface area contributed by atoms with Crippen LogP contribution in [-0.4, -0.2) is 50.3 Å². The van der Waals surface area contributed by atoms with Crippen LogP contribution in [0.4, 0.5) is 11.9 Å². The summed E-state index contributed by atoms with van der Waals surface area (Å²) in [6.45, 7) is 2.80. The van der Waals surface area contributed by atoms with Crippen molar-refractivity contribution in [1.29, 1.82) is 0 Å². The average molecular weight is 290 g/mol. The van der Waals surface area contributed by atoms with Gasteiger partial charge < -0.3 is 9.64 Å². The monoisotopic (exact) mass is 290 g/mol. The summed E-state index contributed by atoms with van der Waals surface area (Å²) in [5.74, 6) is 6.77. The van der Waals surface area contributed by atoms with Gasteiger partial charge in [-0.2, -0.15) is 15.0 Å². The van der Waals surface area contributed by atoms with Crippen molar-refractivity contribution in [2.24, 2.45) is 5.84 Å². The molecule has 21 heavy (non-hydrogen) atoms. The van der Waals surface area contributed by atoms with Crippen molar-refractivity contribution in [2.75, 3.05) is 24.0 Å². The maximum atomic E-state index is 5.60. The molecule has 0 saturated carbocycles. The molecule has 3 heterocycles. The summed E-state index contributed by atoms with van der Waals surface area (Å²) in [6.07, 6.45) is 6.13. The molecule has 0 radical (unpaired) electrons. The molecule has 0 amide bonds. The highest BCUT2D eigenvalue weighted by atomic mass is 16.5. The molecular formula is C12H18N8O. The first kappa shape index (κ1) is 13.7. The second kappa shape index (κ2) is 5.62. The molecule has 1 aliphatic heterocycles. The lowest BCUT2D eigenvalue weighted by atomic mass is 10.1. The molecule has 0 aliphatic carbocycles. The Bertz CT molecular complexity index is 601. The summed E-state index contributed by atoms with van der Waals surface area (Å²) in [4.78, 5) is 19.0. The fraction of sp³-hybridized carbons (Fsp3) is 0.500. The first-order valence-corrected chi connectivity index (χ1v) is 6.74. The molecule has 9 heteroatoms. The van der Waals surface area contributed by atoms with E-state index in [9.17, 15) is 0 Å². The van der Waals surface area contributed by atoms with Crippen LogP contribution in [0.5, 0.6) is 0 Å². The second-order valence-electron chi connectivity index (χ2n) is 4.92. The number of nitrogen functional groups attached to an aromatic ring is 1. The zero-order valence-corrected chi connectivity index (χ0v) is 12.0. The quantitative estimate of drug-likeness (QED) is 0.596. The Morgan fingerprint density at radius 2 is 2.29 bits per heavy atom. The number of imidazole rings is 1. The Balaban J connectivity index is 1.96. The molecule has 1 fully saturated rings. The van der Waals surface area contributed by atoms with E-state index in [0.717, 1.165) is 13.0 Å². The van der Waals surface area contributed by atoms with E-state index in [0.29, 0.717) is 17.8 Å². The number of nitrogens with two attached hydrogens (primary N) is 1. The summed E-state index contributed by atoms with van der Waals surface area (Å²) in [5, 5.41) is 0. The predicted octanol–water partition coefficient (Wildman–Crippen LogP) is -0.0435. The van der Waals surface area contributed by atoms with Crippen LogP contribution in [0.2, 0.25) is 0 Å². The standard InChI is InChI=1S/C12H18N8O/c1-8-9(3-6-21-8)19(2)11-15-10(18-13)16-12(17-11)20-5-4-14-7-20/h4-5,7-9H,3,6,13H2,1-2H3,(H,15,16,17,18). The van der Waals surface area contributed by atoms with Crippen molar-refractivity contribution in [3.8, 4) is 5.95 Å². The van der Waals surface area contributed by atoms with Crippen molar-refractivity contribution >= 4 is 11.9 Å². The number of rotatable bonds is 4.